The first-order valence-electron chi connectivity index (χ1n) is 3.36. The van der Waals surface area contributed by atoms with Crippen molar-refractivity contribution in [1.82, 2.24) is 4.72 Å². The van der Waals surface area contributed by atoms with E-state index < -0.39 is 10.0 Å². The van der Waals surface area contributed by atoms with E-state index in [0.717, 1.165) is 4.47 Å². The molecular weight excluding hydrogens is 322 g/mol. The summed E-state index contributed by atoms with van der Waals surface area (Å²) in [5.41, 5.74) is 0. The van der Waals surface area contributed by atoms with E-state index in [4.69, 9.17) is 0 Å². The van der Waals surface area contributed by atoms with E-state index in [-0.39, 0.29) is 4.90 Å². The summed E-state index contributed by atoms with van der Waals surface area (Å²) in [5.74, 6) is 0. The molecule has 0 fully saturated rings. The quantitative estimate of drug-likeness (QED) is 0.904. The zero-order chi connectivity index (χ0) is 10.1. The molecule has 6 heteroatoms. The molecule has 0 aliphatic heterocycles. The molecule has 0 aromatic heterocycles. The van der Waals surface area contributed by atoms with Crippen molar-refractivity contribution < 1.29 is 8.42 Å². The molecule has 0 atom stereocenters. The number of hydrogen-bond donors (Lipinski definition) is 1. The minimum absolute atomic E-state index is 0.241. The second-order valence-electron chi connectivity index (χ2n) is 2.28. The van der Waals surface area contributed by atoms with Crippen molar-refractivity contribution in [2.24, 2.45) is 0 Å². The monoisotopic (exact) mass is 327 g/mol. The minimum atomic E-state index is -3.34. The fourth-order valence-electron chi connectivity index (χ4n) is 0.762. The molecule has 1 N–H and O–H groups in total. The Labute approximate surface area is 93.8 Å². The first kappa shape index (κ1) is 11.2. The lowest BCUT2D eigenvalue weighted by atomic mass is 10.4. The van der Waals surface area contributed by atoms with Crippen molar-refractivity contribution in [3.8, 4) is 0 Å². The summed E-state index contributed by atoms with van der Waals surface area (Å²) in [5, 5.41) is 0. The lowest BCUT2D eigenvalue weighted by molar-refractivity contribution is 0.588. The van der Waals surface area contributed by atoms with E-state index in [1.54, 1.807) is 6.07 Å². The maximum Gasteiger partial charge on any atom is 0.240 e. The highest BCUT2D eigenvalue weighted by atomic mass is 79.9. The summed E-state index contributed by atoms with van der Waals surface area (Å²) in [6.45, 7) is 0. The van der Waals surface area contributed by atoms with Gasteiger partial charge in [0.05, 0.1) is 4.90 Å². The van der Waals surface area contributed by atoms with Crippen LogP contribution in [0.2, 0.25) is 0 Å². The Bertz CT molecular complexity index is 417. The Morgan fingerprint density at radius 1 is 1.23 bits per heavy atom. The number of benzene rings is 1. The van der Waals surface area contributed by atoms with E-state index in [0.29, 0.717) is 4.47 Å². The van der Waals surface area contributed by atoms with Crippen LogP contribution >= 0.6 is 31.9 Å². The SMILES string of the molecule is CNS(=O)(=O)c1ccc(Br)c(Br)c1. The van der Waals surface area contributed by atoms with Gasteiger partial charge < -0.3 is 0 Å². The van der Waals surface area contributed by atoms with Crippen LogP contribution in [-0.4, -0.2) is 15.5 Å². The van der Waals surface area contributed by atoms with Crippen molar-refractivity contribution in [3.63, 3.8) is 0 Å². The van der Waals surface area contributed by atoms with Crippen molar-refractivity contribution in [1.29, 1.82) is 0 Å². The van der Waals surface area contributed by atoms with E-state index in [9.17, 15) is 8.42 Å². The highest BCUT2D eigenvalue weighted by molar-refractivity contribution is 9.13. The summed E-state index contributed by atoms with van der Waals surface area (Å²) in [4.78, 5) is 0.241. The molecular formula is C7H7Br2NO2S. The normalized spacial score (nSPS) is 11.6. The predicted octanol–water partition coefficient (Wildman–Crippen LogP) is 2.12. The van der Waals surface area contributed by atoms with Gasteiger partial charge in [0.1, 0.15) is 0 Å². The summed E-state index contributed by atoms with van der Waals surface area (Å²) in [6.07, 6.45) is 0. The topological polar surface area (TPSA) is 46.2 Å². The Kier molecular flexibility index (Phi) is 3.50. The zero-order valence-electron chi connectivity index (χ0n) is 6.71. The van der Waals surface area contributed by atoms with Crippen molar-refractivity contribution in [2.75, 3.05) is 7.05 Å². The molecule has 13 heavy (non-hydrogen) atoms. The van der Waals surface area contributed by atoms with Gasteiger partial charge in [0, 0.05) is 8.95 Å². The molecule has 1 aromatic rings. The molecule has 3 nitrogen and oxygen atoms in total. The van der Waals surface area contributed by atoms with Gasteiger partial charge in [-0.2, -0.15) is 0 Å². The van der Waals surface area contributed by atoms with Crippen LogP contribution in [0.25, 0.3) is 0 Å². The Hall–Kier alpha value is 0.0900. The molecule has 0 radical (unpaired) electrons. The smallest absolute Gasteiger partial charge is 0.214 e. The molecule has 0 aliphatic carbocycles. The lowest BCUT2D eigenvalue weighted by Gasteiger charge is -2.03. The van der Waals surface area contributed by atoms with Crippen LogP contribution in [0.15, 0.2) is 32.0 Å². The lowest BCUT2D eigenvalue weighted by Crippen LogP contribution is -2.18. The molecule has 0 aliphatic rings. The van der Waals surface area contributed by atoms with Gasteiger partial charge in [-0.25, -0.2) is 13.1 Å². The van der Waals surface area contributed by atoms with Crippen LogP contribution in [0.1, 0.15) is 0 Å². The number of rotatable bonds is 2. The van der Waals surface area contributed by atoms with E-state index in [2.05, 4.69) is 36.6 Å². The molecule has 72 valence electrons. The first-order chi connectivity index (χ1) is 5.97. The van der Waals surface area contributed by atoms with Gasteiger partial charge in [0.2, 0.25) is 10.0 Å². The van der Waals surface area contributed by atoms with Gasteiger partial charge in [-0.1, -0.05) is 0 Å². The molecule has 0 heterocycles. The van der Waals surface area contributed by atoms with Gasteiger partial charge >= 0.3 is 0 Å². The summed E-state index contributed by atoms with van der Waals surface area (Å²) in [6, 6.07) is 4.74. The molecule has 0 spiro atoms. The van der Waals surface area contributed by atoms with Crippen molar-refractivity contribution in [2.45, 2.75) is 4.90 Å². The van der Waals surface area contributed by atoms with Gasteiger partial charge in [0.25, 0.3) is 0 Å². The average molecular weight is 329 g/mol. The summed E-state index contributed by atoms with van der Waals surface area (Å²) in [7, 11) is -1.96. The first-order valence-corrected chi connectivity index (χ1v) is 6.43. The molecule has 0 amide bonds. The van der Waals surface area contributed by atoms with Crippen molar-refractivity contribution in [3.05, 3.63) is 27.1 Å². The Morgan fingerprint density at radius 3 is 2.31 bits per heavy atom. The number of hydrogen-bond acceptors (Lipinski definition) is 2. The highest BCUT2D eigenvalue weighted by Crippen LogP contribution is 2.25. The van der Waals surface area contributed by atoms with E-state index in [1.165, 1.54) is 19.2 Å². The van der Waals surface area contributed by atoms with Crippen LogP contribution in [0, 0.1) is 0 Å². The number of nitrogens with one attached hydrogen (secondary N) is 1. The number of halogens is 2. The Morgan fingerprint density at radius 2 is 1.85 bits per heavy atom. The largest absolute Gasteiger partial charge is 0.240 e. The van der Waals surface area contributed by atoms with Crippen LogP contribution in [0.4, 0.5) is 0 Å². The van der Waals surface area contributed by atoms with Crippen molar-refractivity contribution >= 4 is 41.9 Å². The highest BCUT2D eigenvalue weighted by Gasteiger charge is 2.11. The van der Waals surface area contributed by atoms with Crippen LogP contribution in [-0.2, 0) is 10.0 Å². The van der Waals surface area contributed by atoms with Crippen LogP contribution < -0.4 is 4.72 Å². The second kappa shape index (κ2) is 4.08. The second-order valence-corrected chi connectivity index (χ2v) is 5.88. The third-order valence-corrected chi connectivity index (χ3v) is 4.76. The van der Waals surface area contributed by atoms with Gasteiger partial charge in [0.15, 0.2) is 0 Å². The molecule has 1 rings (SSSR count). The van der Waals surface area contributed by atoms with E-state index >= 15 is 0 Å². The molecule has 0 unspecified atom stereocenters. The minimum Gasteiger partial charge on any atom is -0.214 e. The fraction of sp³-hybridized carbons (Fsp3) is 0.143. The third-order valence-electron chi connectivity index (χ3n) is 1.47. The zero-order valence-corrected chi connectivity index (χ0v) is 10.7. The average Bonchev–Trinajstić information content (AvgIpc) is 2.09. The maximum atomic E-state index is 11.3. The summed E-state index contributed by atoms with van der Waals surface area (Å²) >= 11 is 6.48. The van der Waals surface area contributed by atoms with Gasteiger partial charge in [-0.3, -0.25) is 0 Å². The molecule has 0 bridgehead atoms. The predicted molar refractivity (Wildman–Crippen MR) is 58.1 cm³/mol. The summed E-state index contributed by atoms with van der Waals surface area (Å²) < 4.78 is 26.4. The molecule has 1 aromatic carbocycles. The molecule has 0 saturated heterocycles. The standard InChI is InChI=1S/C7H7Br2NO2S/c1-10-13(11,12)5-2-3-6(8)7(9)4-5/h2-4,10H,1H3. The number of sulfonamides is 1. The van der Waals surface area contributed by atoms with Crippen LogP contribution in [0.3, 0.4) is 0 Å². The third kappa shape index (κ3) is 2.52. The van der Waals surface area contributed by atoms with E-state index in [1.807, 2.05) is 0 Å². The fourth-order valence-corrected chi connectivity index (χ4v) is 2.29. The van der Waals surface area contributed by atoms with Crippen LogP contribution in [0.5, 0.6) is 0 Å². The van der Waals surface area contributed by atoms with Gasteiger partial charge in [-0.15, -0.1) is 0 Å². The molecule has 0 saturated carbocycles. The maximum absolute atomic E-state index is 11.3. The van der Waals surface area contributed by atoms with Gasteiger partial charge in [-0.05, 0) is 57.1 Å². The Balaban J connectivity index is 3.27.